The smallest absolute Gasteiger partial charge is 0.161 e. The van der Waals surface area contributed by atoms with Gasteiger partial charge in [-0.1, -0.05) is 12.1 Å². The molecule has 2 heterocycles. The molecule has 0 spiro atoms. The van der Waals surface area contributed by atoms with Crippen LogP contribution < -0.4 is 15.2 Å². The molecule has 1 unspecified atom stereocenters. The van der Waals surface area contributed by atoms with E-state index in [0.717, 1.165) is 29.9 Å². The molecule has 0 bridgehead atoms. The van der Waals surface area contributed by atoms with Gasteiger partial charge in [0.1, 0.15) is 13.2 Å². The van der Waals surface area contributed by atoms with E-state index in [2.05, 4.69) is 17.5 Å². The van der Waals surface area contributed by atoms with Gasteiger partial charge in [-0.2, -0.15) is 0 Å². The first-order valence-corrected chi connectivity index (χ1v) is 7.38. The quantitative estimate of drug-likeness (QED) is 0.932. The third-order valence-electron chi connectivity index (χ3n) is 3.28. The van der Waals surface area contributed by atoms with Gasteiger partial charge in [0.05, 0.1) is 0 Å². The maximum Gasteiger partial charge on any atom is 0.161 e. The number of rotatable bonds is 4. The van der Waals surface area contributed by atoms with Gasteiger partial charge in [0.25, 0.3) is 0 Å². The van der Waals surface area contributed by atoms with Gasteiger partial charge in [0.15, 0.2) is 11.5 Å². The molecule has 1 atom stereocenters. The predicted octanol–water partition coefficient (Wildman–Crippen LogP) is 3.15. The molecule has 3 nitrogen and oxygen atoms in total. The molecule has 1 aromatic heterocycles. The van der Waals surface area contributed by atoms with E-state index < -0.39 is 0 Å². The van der Waals surface area contributed by atoms with Crippen LogP contribution in [-0.2, 0) is 6.42 Å². The monoisotopic (exact) mass is 275 g/mol. The summed E-state index contributed by atoms with van der Waals surface area (Å²) in [7, 11) is 0. The molecule has 1 aliphatic rings. The number of aryl methyl sites for hydroxylation is 1. The highest BCUT2D eigenvalue weighted by molar-refractivity contribution is 7.09. The second-order valence-electron chi connectivity index (χ2n) is 4.63. The second kappa shape index (κ2) is 5.63. The summed E-state index contributed by atoms with van der Waals surface area (Å²) in [4.78, 5) is 1.38. The SMILES string of the molecule is NC(CCc1cccs1)c1ccc2c(c1)OCCO2. The molecule has 3 rings (SSSR count). The highest BCUT2D eigenvalue weighted by Crippen LogP contribution is 2.33. The standard InChI is InChI=1S/C15H17NO2S/c16-13(5-4-12-2-1-9-19-12)11-3-6-14-15(10-11)18-8-7-17-14/h1-3,6,9-10,13H,4-5,7-8,16H2. The van der Waals surface area contributed by atoms with Crippen LogP contribution in [0.4, 0.5) is 0 Å². The van der Waals surface area contributed by atoms with Crippen molar-refractivity contribution in [2.45, 2.75) is 18.9 Å². The fourth-order valence-corrected chi connectivity index (χ4v) is 2.93. The zero-order valence-corrected chi connectivity index (χ0v) is 11.5. The Hall–Kier alpha value is -1.52. The van der Waals surface area contributed by atoms with Crippen molar-refractivity contribution in [3.8, 4) is 11.5 Å². The Balaban J connectivity index is 1.67. The first-order valence-electron chi connectivity index (χ1n) is 6.50. The van der Waals surface area contributed by atoms with E-state index >= 15 is 0 Å². The highest BCUT2D eigenvalue weighted by Gasteiger charge is 2.14. The summed E-state index contributed by atoms with van der Waals surface area (Å²) in [5.41, 5.74) is 7.36. The summed E-state index contributed by atoms with van der Waals surface area (Å²) in [6.07, 6.45) is 1.97. The van der Waals surface area contributed by atoms with E-state index in [9.17, 15) is 0 Å². The van der Waals surface area contributed by atoms with Gasteiger partial charge in [-0.3, -0.25) is 0 Å². The number of hydrogen-bond acceptors (Lipinski definition) is 4. The molecule has 0 radical (unpaired) electrons. The molecule has 0 fully saturated rings. The van der Waals surface area contributed by atoms with E-state index in [4.69, 9.17) is 15.2 Å². The zero-order valence-electron chi connectivity index (χ0n) is 10.7. The van der Waals surface area contributed by atoms with Crippen LogP contribution in [0.25, 0.3) is 0 Å². The van der Waals surface area contributed by atoms with Crippen molar-refractivity contribution < 1.29 is 9.47 Å². The van der Waals surface area contributed by atoms with Crippen molar-refractivity contribution in [1.29, 1.82) is 0 Å². The van der Waals surface area contributed by atoms with Gasteiger partial charge in [0, 0.05) is 10.9 Å². The van der Waals surface area contributed by atoms with Crippen LogP contribution in [0, 0.1) is 0 Å². The normalized spacial score (nSPS) is 15.2. The largest absolute Gasteiger partial charge is 0.486 e. The van der Waals surface area contributed by atoms with E-state index in [1.165, 1.54) is 4.88 Å². The zero-order chi connectivity index (χ0) is 13.1. The molecule has 0 aliphatic carbocycles. The van der Waals surface area contributed by atoms with Gasteiger partial charge in [-0.05, 0) is 42.0 Å². The summed E-state index contributed by atoms with van der Waals surface area (Å²) in [6, 6.07) is 10.3. The van der Waals surface area contributed by atoms with Gasteiger partial charge in [-0.15, -0.1) is 11.3 Å². The van der Waals surface area contributed by atoms with Gasteiger partial charge in [-0.25, -0.2) is 0 Å². The Bertz CT molecular complexity index is 539. The number of thiophene rings is 1. The Morgan fingerprint density at radius 2 is 2.00 bits per heavy atom. The lowest BCUT2D eigenvalue weighted by Gasteiger charge is -2.20. The molecule has 19 heavy (non-hydrogen) atoms. The first-order chi connectivity index (χ1) is 9.33. The van der Waals surface area contributed by atoms with Crippen molar-refractivity contribution in [3.05, 3.63) is 46.2 Å². The lowest BCUT2D eigenvalue weighted by Crippen LogP contribution is -2.17. The van der Waals surface area contributed by atoms with Crippen LogP contribution >= 0.6 is 11.3 Å². The lowest BCUT2D eigenvalue weighted by atomic mass is 10.0. The van der Waals surface area contributed by atoms with E-state index in [-0.39, 0.29) is 6.04 Å². The van der Waals surface area contributed by atoms with Crippen LogP contribution in [0.3, 0.4) is 0 Å². The molecule has 0 saturated carbocycles. The van der Waals surface area contributed by atoms with Gasteiger partial charge >= 0.3 is 0 Å². The van der Waals surface area contributed by atoms with Crippen LogP contribution in [0.5, 0.6) is 11.5 Å². The minimum absolute atomic E-state index is 0.0397. The minimum atomic E-state index is 0.0397. The number of fused-ring (bicyclic) bond motifs is 1. The number of hydrogen-bond donors (Lipinski definition) is 1. The predicted molar refractivity (Wildman–Crippen MR) is 77.0 cm³/mol. The minimum Gasteiger partial charge on any atom is -0.486 e. The number of nitrogens with two attached hydrogens (primary N) is 1. The topological polar surface area (TPSA) is 44.5 Å². The van der Waals surface area contributed by atoms with Crippen molar-refractivity contribution in [1.82, 2.24) is 0 Å². The molecule has 2 aromatic rings. The van der Waals surface area contributed by atoms with E-state index in [1.54, 1.807) is 11.3 Å². The third kappa shape index (κ3) is 2.91. The number of benzene rings is 1. The molecule has 1 aromatic carbocycles. The summed E-state index contributed by atoms with van der Waals surface area (Å²) in [5, 5.41) is 2.10. The number of ether oxygens (including phenoxy) is 2. The third-order valence-corrected chi connectivity index (χ3v) is 4.21. The maximum atomic E-state index is 6.25. The summed E-state index contributed by atoms with van der Waals surface area (Å²) in [6.45, 7) is 1.23. The molecular formula is C15H17NO2S. The van der Waals surface area contributed by atoms with E-state index in [1.807, 2.05) is 18.2 Å². The first kappa shape index (κ1) is 12.5. The average molecular weight is 275 g/mol. The van der Waals surface area contributed by atoms with Crippen molar-refractivity contribution in [3.63, 3.8) is 0 Å². The maximum absolute atomic E-state index is 6.25. The molecule has 4 heteroatoms. The Morgan fingerprint density at radius 1 is 1.16 bits per heavy atom. The van der Waals surface area contributed by atoms with Crippen molar-refractivity contribution >= 4 is 11.3 Å². The Kier molecular flexibility index (Phi) is 3.71. The highest BCUT2D eigenvalue weighted by atomic mass is 32.1. The fraction of sp³-hybridized carbons (Fsp3) is 0.333. The molecule has 2 N–H and O–H groups in total. The van der Waals surface area contributed by atoms with Gasteiger partial charge in [0.2, 0.25) is 0 Å². The molecule has 100 valence electrons. The van der Waals surface area contributed by atoms with Crippen LogP contribution in [0.2, 0.25) is 0 Å². The van der Waals surface area contributed by atoms with Crippen LogP contribution in [0.1, 0.15) is 22.9 Å². The van der Waals surface area contributed by atoms with Crippen molar-refractivity contribution in [2.24, 2.45) is 5.73 Å². The summed E-state index contributed by atoms with van der Waals surface area (Å²) >= 11 is 1.78. The second-order valence-corrected chi connectivity index (χ2v) is 5.66. The summed E-state index contributed by atoms with van der Waals surface area (Å²) < 4.78 is 11.1. The van der Waals surface area contributed by atoms with Gasteiger partial charge < -0.3 is 15.2 Å². The Morgan fingerprint density at radius 3 is 2.79 bits per heavy atom. The fourth-order valence-electron chi connectivity index (χ4n) is 2.21. The lowest BCUT2D eigenvalue weighted by molar-refractivity contribution is 0.171. The van der Waals surface area contributed by atoms with E-state index in [0.29, 0.717) is 13.2 Å². The van der Waals surface area contributed by atoms with Crippen molar-refractivity contribution in [2.75, 3.05) is 13.2 Å². The summed E-state index contributed by atoms with van der Waals surface area (Å²) in [5.74, 6) is 1.63. The van der Waals surface area contributed by atoms with Crippen LogP contribution in [-0.4, -0.2) is 13.2 Å². The Labute approximate surface area is 117 Å². The molecular weight excluding hydrogens is 258 g/mol. The van der Waals surface area contributed by atoms with Crippen LogP contribution in [0.15, 0.2) is 35.7 Å². The average Bonchev–Trinajstić information content (AvgIpc) is 2.97. The molecule has 0 amide bonds. The molecule has 1 aliphatic heterocycles. The molecule has 0 saturated heterocycles.